The van der Waals surface area contributed by atoms with Gasteiger partial charge in [0.25, 0.3) is 16.8 Å². The number of benzene rings is 3. The van der Waals surface area contributed by atoms with Crippen molar-refractivity contribution in [2.24, 2.45) is 0 Å². The highest BCUT2D eigenvalue weighted by atomic mass is 32.2. The molecule has 160 valence electrons. The lowest BCUT2D eigenvalue weighted by atomic mass is 10.2. The maximum atomic E-state index is 12.2. The molecule has 0 unspecified atom stereocenters. The molecular formula is C22H16N4O5S. The SMILES string of the molecule is O=C(CSc1nnc(-c2ccccc2[N+](=O)[O-])o1)Nc1ccc(Oc2ccccc2)cc1. The van der Waals surface area contributed by atoms with Gasteiger partial charge in [0.2, 0.25) is 5.91 Å². The molecule has 32 heavy (non-hydrogen) atoms. The molecule has 1 heterocycles. The van der Waals surface area contributed by atoms with Gasteiger partial charge < -0.3 is 14.5 Å². The zero-order valence-corrected chi connectivity index (χ0v) is 17.3. The Labute approximate surface area is 186 Å². The summed E-state index contributed by atoms with van der Waals surface area (Å²) in [6.07, 6.45) is 0. The molecule has 1 amide bonds. The van der Waals surface area contributed by atoms with Crippen LogP contribution in [0.2, 0.25) is 0 Å². The number of aromatic nitrogens is 2. The van der Waals surface area contributed by atoms with Crippen molar-refractivity contribution in [2.45, 2.75) is 5.22 Å². The fourth-order valence-electron chi connectivity index (χ4n) is 2.75. The third-order valence-corrected chi connectivity index (χ3v) is 5.00. The number of hydrogen-bond donors (Lipinski definition) is 1. The van der Waals surface area contributed by atoms with Gasteiger partial charge in [-0.15, -0.1) is 10.2 Å². The van der Waals surface area contributed by atoms with Crippen molar-refractivity contribution in [1.82, 2.24) is 10.2 Å². The van der Waals surface area contributed by atoms with E-state index >= 15 is 0 Å². The normalized spacial score (nSPS) is 10.5. The molecule has 0 saturated carbocycles. The number of para-hydroxylation sites is 2. The van der Waals surface area contributed by atoms with E-state index in [9.17, 15) is 14.9 Å². The Hall–Kier alpha value is -4.18. The van der Waals surface area contributed by atoms with Crippen molar-refractivity contribution in [3.8, 4) is 23.0 Å². The number of hydrogen-bond acceptors (Lipinski definition) is 8. The predicted molar refractivity (Wildman–Crippen MR) is 119 cm³/mol. The molecule has 4 aromatic rings. The molecule has 1 N–H and O–H groups in total. The number of ether oxygens (including phenoxy) is 1. The second-order valence-electron chi connectivity index (χ2n) is 6.42. The van der Waals surface area contributed by atoms with Gasteiger partial charge in [0, 0.05) is 11.8 Å². The van der Waals surface area contributed by atoms with E-state index in [2.05, 4.69) is 15.5 Å². The van der Waals surface area contributed by atoms with Crippen molar-refractivity contribution >= 4 is 29.0 Å². The summed E-state index contributed by atoms with van der Waals surface area (Å²) in [4.78, 5) is 22.9. The Balaban J connectivity index is 1.32. The molecule has 0 fully saturated rings. The van der Waals surface area contributed by atoms with Gasteiger partial charge >= 0.3 is 0 Å². The second-order valence-corrected chi connectivity index (χ2v) is 7.35. The number of nitro groups is 1. The van der Waals surface area contributed by atoms with Crippen LogP contribution in [0.3, 0.4) is 0 Å². The molecule has 0 aliphatic heterocycles. The molecule has 0 saturated heterocycles. The smallest absolute Gasteiger partial charge is 0.282 e. The number of anilines is 1. The fourth-order valence-corrected chi connectivity index (χ4v) is 3.31. The summed E-state index contributed by atoms with van der Waals surface area (Å²) in [6.45, 7) is 0. The summed E-state index contributed by atoms with van der Waals surface area (Å²) in [5, 5.41) is 21.8. The van der Waals surface area contributed by atoms with Crippen LogP contribution < -0.4 is 10.1 Å². The molecule has 3 aromatic carbocycles. The molecule has 10 heteroatoms. The van der Waals surface area contributed by atoms with Gasteiger partial charge in [-0.3, -0.25) is 14.9 Å². The minimum absolute atomic E-state index is 0.0224. The van der Waals surface area contributed by atoms with Crippen LogP contribution >= 0.6 is 11.8 Å². The Morgan fingerprint density at radius 1 is 0.969 bits per heavy atom. The quantitative estimate of drug-likeness (QED) is 0.223. The van der Waals surface area contributed by atoms with Gasteiger partial charge in [0.1, 0.15) is 17.1 Å². The summed E-state index contributed by atoms with van der Waals surface area (Å²) < 4.78 is 11.2. The van der Waals surface area contributed by atoms with E-state index in [4.69, 9.17) is 9.15 Å². The highest BCUT2D eigenvalue weighted by Crippen LogP contribution is 2.30. The fraction of sp³-hybridized carbons (Fsp3) is 0.0455. The molecule has 0 bridgehead atoms. The van der Waals surface area contributed by atoms with Gasteiger partial charge in [0.05, 0.1) is 10.7 Å². The van der Waals surface area contributed by atoms with Crippen LogP contribution in [0.25, 0.3) is 11.5 Å². The number of thioether (sulfide) groups is 1. The number of nitrogens with zero attached hydrogens (tertiary/aromatic N) is 3. The van der Waals surface area contributed by atoms with E-state index in [1.54, 1.807) is 36.4 Å². The van der Waals surface area contributed by atoms with Crippen LogP contribution in [-0.2, 0) is 4.79 Å². The lowest BCUT2D eigenvalue weighted by Crippen LogP contribution is -2.13. The van der Waals surface area contributed by atoms with E-state index in [0.29, 0.717) is 11.4 Å². The van der Waals surface area contributed by atoms with Crippen LogP contribution in [0.15, 0.2) is 88.5 Å². The number of nitro benzene ring substituents is 1. The molecule has 0 atom stereocenters. The molecule has 0 radical (unpaired) electrons. The van der Waals surface area contributed by atoms with E-state index in [0.717, 1.165) is 17.5 Å². The number of rotatable bonds is 8. The molecule has 1 aromatic heterocycles. The zero-order valence-electron chi connectivity index (χ0n) is 16.5. The minimum atomic E-state index is -0.518. The van der Waals surface area contributed by atoms with Crippen LogP contribution in [0, 0.1) is 10.1 Å². The van der Waals surface area contributed by atoms with Crippen molar-refractivity contribution in [3.05, 3.63) is 89.0 Å². The Kier molecular flexibility index (Phi) is 6.42. The van der Waals surface area contributed by atoms with Crippen LogP contribution in [0.1, 0.15) is 0 Å². The second kappa shape index (κ2) is 9.75. The summed E-state index contributed by atoms with van der Waals surface area (Å²) in [7, 11) is 0. The lowest BCUT2D eigenvalue weighted by molar-refractivity contribution is -0.384. The first-order valence-electron chi connectivity index (χ1n) is 9.41. The number of amides is 1. The first kappa shape index (κ1) is 21.1. The third kappa shape index (κ3) is 5.29. The molecule has 0 aliphatic carbocycles. The van der Waals surface area contributed by atoms with Crippen LogP contribution in [-0.4, -0.2) is 26.8 Å². The maximum absolute atomic E-state index is 12.2. The predicted octanol–water partition coefficient (Wildman–Crippen LogP) is 5.17. The first-order valence-corrected chi connectivity index (χ1v) is 10.4. The maximum Gasteiger partial charge on any atom is 0.282 e. The lowest BCUT2D eigenvalue weighted by Gasteiger charge is -2.07. The van der Waals surface area contributed by atoms with Gasteiger partial charge in [-0.05, 0) is 42.5 Å². The first-order chi connectivity index (χ1) is 15.6. The Bertz CT molecular complexity index is 1230. The number of carbonyl (C=O) groups excluding carboxylic acids is 1. The van der Waals surface area contributed by atoms with E-state index < -0.39 is 4.92 Å². The van der Waals surface area contributed by atoms with Crippen molar-refractivity contribution < 1.29 is 18.9 Å². The standard InChI is InChI=1S/C22H16N4O5S/c27-20(23-15-10-12-17(13-11-15)30-16-6-2-1-3-7-16)14-32-22-25-24-21(31-22)18-8-4-5-9-19(18)26(28)29/h1-13H,14H2,(H,23,27). The minimum Gasteiger partial charge on any atom is -0.457 e. The van der Waals surface area contributed by atoms with Crippen molar-refractivity contribution in [3.63, 3.8) is 0 Å². The monoisotopic (exact) mass is 448 g/mol. The van der Waals surface area contributed by atoms with Crippen molar-refractivity contribution in [1.29, 1.82) is 0 Å². The summed E-state index contributed by atoms with van der Waals surface area (Å²) in [6, 6.07) is 22.4. The van der Waals surface area contributed by atoms with E-state index in [1.807, 2.05) is 30.3 Å². The van der Waals surface area contributed by atoms with Crippen LogP contribution in [0.5, 0.6) is 11.5 Å². The van der Waals surface area contributed by atoms with Gasteiger partial charge in [-0.25, -0.2) is 0 Å². The summed E-state index contributed by atoms with van der Waals surface area (Å²) in [5.74, 6) is 1.16. The van der Waals surface area contributed by atoms with Gasteiger partial charge in [-0.1, -0.05) is 42.1 Å². The average Bonchev–Trinajstić information content (AvgIpc) is 3.29. The molecule has 4 rings (SSSR count). The highest BCUT2D eigenvalue weighted by Gasteiger charge is 2.20. The van der Waals surface area contributed by atoms with Crippen molar-refractivity contribution in [2.75, 3.05) is 11.1 Å². The Morgan fingerprint density at radius 3 is 2.41 bits per heavy atom. The topological polar surface area (TPSA) is 120 Å². The molecule has 0 aliphatic rings. The number of nitrogens with one attached hydrogen (secondary N) is 1. The zero-order chi connectivity index (χ0) is 22.3. The Morgan fingerprint density at radius 2 is 1.66 bits per heavy atom. The highest BCUT2D eigenvalue weighted by molar-refractivity contribution is 7.99. The van der Waals surface area contributed by atoms with E-state index in [1.165, 1.54) is 12.1 Å². The molecule has 0 spiro atoms. The average molecular weight is 448 g/mol. The molecular weight excluding hydrogens is 432 g/mol. The third-order valence-electron chi connectivity index (χ3n) is 4.18. The van der Waals surface area contributed by atoms with Gasteiger partial charge in [0.15, 0.2) is 0 Å². The largest absolute Gasteiger partial charge is 0.457 e. The number of carbonyl (C=O) groups is 1. The summed E-state index contributed by atoms with van der Waals surface area (Å²) in [5.41, 5.74) is 0.700. The van der Waals surface area contributed by atoms with Gasteiger partial charge in [-0.2, -0.15) is 0 Å². The summed E-state index contributed by atoms with van der Waals surface area (Å²) >= 11 is 1.04. The van der Waals surface area contributed by atoms with E-state index in [-0.39, 0.29) is 34.0 Å². The van der Waals surface area contributed by atoms with Crippen LogP contribution in [0.4, 0.5) is 11.4 Å². The molecule has 9 nitrogen and oxygen atoms in total.